The van der Waals surface area contributed by atoms with Gasteiger partial charge in [0.2, 0.25) is 0 Å². The number of hydrogen-bond acceptors (Lipinski definition) is 6. The van der Waals surface area contributed by atoms with E-state index in [1.165, 1.54) is 17.8 Å². The summed E-state index contributed by atoms with van der Waals surface area (Å²) >= 11 is 1.18. The van der Waals surface area contributed by atoms with Gasteiger partial charge in [0.15, 0.2) is 5.78 Å². The lowest BCUT2D eigenvalue weighted by Crippen LogP contribution is -2.06. The molecule has 6 nitrogen and oxygen atoms in total. The van der Waals surface area contributed by atoms with Gasteiger partial charge in [-0.25, -0.2) is 4.39 Å². The van der Waals surface area contributed by atoms with Gasteiger partial charge >= 0.3 is 0 Å². The Balaban J connectivity index is 1.51. The van der Waals surface area contributed by atoms with Crippen LogP contribution in [0.4, 0.5) is 4.39 Å². The third-order valence-corrected chi connectivity index (χ3v) is 6.03. The Kier molecular flexibility index (Phi) is 6.14. The second-order valence-electron chi connectivity index (χ2n) is 7.34. The van der Waals surface area contributed by atoms with E-state index in [2.05, 4.69) is 10.2 Å². The van der Waals surface area contributed by atoms with Crippen LogP contribution >= 0.6 is 11.8 Å². The average Bonchev–Trinajstić information content (AvgIpc) is 3.38. The van der Waals surface area contributed by atoms with Gasteiger partial charge in [-0.2, -0.15) is 0 Å². The summed E-state index contributed by atoms with van der Waals surface area (Å²) in [5.41, 5.74) is 4.16. The molecule has 0 radical (unpaired) electrons. The smallest absolute Gasteiger partial charge is 0.277 e. The number of para-hydroxylation sites is 1. The molecule has 32 heavy (non-hydrogen) atoms. The number of nitrogens with zero attached hydrogens (tertiary/aromatic N) is 3. The van der Waals surface area contributed by atoms with Gasteiger partial charge in [0.25, 0.3) is 11.1 Å². The first-order valence-electron chi connectivity index (χ1n) is 9.97. The van der Waals surface area contributed by atoms with E-state index in [-0.39, 0.29) is 17.4 Å². The molecule has 0 N–H and O–H groups in total. The van der Waals surface area contributed by atoms with Crippen molar-refractivity contribution in [2.45, 2.75) is 26.0 Å². The second kappa shape index (κ2) is 9.00. The minimum atomic E-state index is -0.277. The maximum Gasteiger partial charge on any atom is 0.277 e. The fourth-order valence-electron chi connectivity index (χ4n) is 3.57. The van der Waals surface area contributed by atoms with Crippen LogP contribution in [0.2, 0.25) is 0 Å². The molecule has 8 heteroatoms. The highest BCUT2D eigenvalue weighted by atomic mass is 32.2. The first kappa shape index (κ1) is 21.8. The van der Waals surface area contributed by atoms with Crippen LogP contribution in [0.25, 0.3) is 17.1 Å². The van der Waals surface area contributed by atoms with Crippen molar-refractivity contribution in [3.05, 3.63) is 76.9 Å². The van der Waals surface area contributed by atoms with Crippen LogP contribution in [0.1, 0.15) is 27.3 Å². The lowest BCUT2D eigenvalue weighted by atomic mass is 10.2. The van der Waals surface area contributed by atoms with E-state index < -0.39 is 0 Å². The van der Waals surface area contributed by atoms with Gasteiger partial charge in [0.1, 0.15) is 11.6 Å². The molecule has 164 valence electrons. The number of halogens is 1. The summed E-state index contributed by atoms with van der Waals surface area (Å²) in [6.45, 7) is 5.47. The lowest BCUT2D eigenvalue weighted by molar-refractivity contribution is 0.102. The summed E-state index contributed by atoms with van der Waals surface area (Å²) in [6, 6.07) is 14.2. The molecule has 0 bridgehead atoms. The zero-order valence-electron chi connectivity index (χ0n) is 18.2. The third-order valence-electron chi connectivity index (χ3n) is 5.22. The number of ketones is 1. The Morgan fingerprint density at radius 1 is 1.12 bits per heavy atom. The monoisotopic (exact) mass is 451 g/mol. The fraction of sp³-hybridized carbons (Fsp3) is 0.208. The van der Waals surface area contributed by atoms with Crippen molar-refractivity contribution in [2.75, 3.05) is 12.9 Å². The summed E-state index contributed by atoms with van der Waals surface area (Å²) in [6.07, 6.45) is 0. The van der Waals surface area contributed by atoms with Crippen molar-refractivity contribution in [3.8, 4) is 22.9 Å². The number of hydrogen-bond donors (Lipinski definition) is 0. The number of ether oxygens (including phenoxy) is 1. The number of methoxy groups -OCH3 is 1. The molecule has 0 aliphatic carbocycles. The van der Waals surface area contributed by atoms with Crippen LogP contribution in [0.3, 0.4) is 0 Å². The number of aromatic nitrogens is 3. The normalized spacial score (nSPS) is 11.0. The Hall–Kier alpha value is -3.39. The Morgan fingerprint density at radius 3 is 2.66 bits per heavy atom. The van der Waals surface area contributed by atoms with Crippen molar-refractivity contribution in [2.24, 2.45) is 0 Å². The van der Waals surface area contributed by atoms with E-state index >= 15 is 0 Å². The number of carbonyl (C=O) groups excluding carboxylic acids is 1. The summed E-state index contributed by atoms with van der Waals surface area (Å²) in [5, 5.41) is 8.40. The predicted molar refractivity (Wildman–Crippen MR) is 121 cm³/mol. The van der Waals surface area contributed by atoms with Gasteiger partial charge in [-0.05, 0) is 56.7 Å². The predicted octanol–water partition coefficient (Wildman–Crippen LogP) is 5.58. The molecule has 0 unspecified atom stereocenters. The van der Waals surface area contributed by atoms with Gasteiger partial charge in [0, 0.05) is 22.6 Å². The quantitative estimate of drug-likeness (QED) is 0.270. The van der Waals surface area contributed by atoms with E-state index in [0.717, 1.165) is 11.4 Å². The van der Waals surface area contributed by atoms with Crippen molar-refractivity contribution in [3.63, 3.8) is 0 Å². The largest absolute Gasteiger partial charge is 0.496 e. The highest BCUT2D eigenvalue weighted by Crippen LogP contribution is 2.31. The molecule has 0 amide bonds. The molecule has 4 aromatic rings. The SMILES string of the molecule is COc1ccccc1-c1nnc(SCC(=O)c2cc(C)n(-c3ccc(C)c(F)c3)c2C)o1. The minimum Gasteiger partial charge on any atom is -0.496 e. The number of rotatable bonds is 7. The van der Waals surface area contributed by atoms with E-state index in [4.69, 9.17) is 9.15 Å². The number of benzene rings is 2. The topological polar surface area (TPSA) is 70.2 Å². The van der Waals surface area contributed by atoms with Gasteiger partial charge < -0.3 is 13.7 Å². The highest BCUT2D eigenvalue weighted by Gasteiger charge is 2.19. The number of thioether (sulfide) groups is 1. The number of aryl methyl sites for hydroxylation is 2. The maximum absolute atomic E-state index is 14.1. The fourth-order valence-corrected chi connectivity index (χ4v) is 4.21. The summed E-state index contributed by atoms with van der Waals surface area (Å²) < 4.78 is 27.0. The molecule has 2 aromatic carbocycles. The molecule has 2 heterocycles. The molecule has 0 atom stereocenters. The van der Waals surface area contributed by atoms with Crippen molar-refractivity contribution in [1.29, 1.82) is 0 Å². The van der Waals surface area contributed by atoms with Crippen LogP contribution in [0.15, 0.2) is 58.2 Å². The molecule has 0 fully saturated rings. The molecule has 4 rings (SSSR count). The highest BCUT2D eigenvalue weighted by molar-refractivity contribution is 7.99. The van der Waals surface area contributed by atoms with Crippen LogP contribution in [-0.2, 0) is 0 Å². The van der Waals surface area contributed by atoms with Crippen LogP contribution < -0.4 is 4.74 Å². The molecular formula is C24H22FN3O3S. The van der Waals surface area contributed by atoms with Crippen molar-refractivity contribution < 1.29 is 18.3 Å². The van der Waals surface area contributed by atoms with E-state index in [9.17, 15) is 9.18 Å². The zero-order chi connectivity index (χ0) is 22.8. The number of carbonyl (C=O) groups is 1. The van der Waals surface area contributed by atoms with E-state index in [1.807, 2.05) is 54.8 Å². The molecular weight excluding hydrogens is 429 g/mol. The van der Waals surface area contributed by atoms with Gasteiger partial charge in [-0.3, -0.25) is 4.79 Å². The number of Topliss-reactive ketones (excluding diaryl/α,β-unsaturated/α-hetero) is 1. The van der Waals surface area contributed by atoms with E-state index in [0.29, 0.717) is 39.2 Å². The van der Waals surface area contributed by atoms with Crippen LogP contribution in [0, 0.1) is 26.6 Å². The van der Waals surface area contributed by atoms with E-state index in [1.54, 1.807) is 20.1 Å². The van der Waals surface area contributed by atoms with Crippen molar-refractivity contribution in [1.82, 2.24) is 14.8 Å². The van der Waals surface area contributed by atoms with Gasteiger partial charge in [-0.15, -0.1) is 10.2 Å². The Labute approximate surface area is 189 Å². The standard InChI is InChI=1S/C24H22FN3O3S/c1-14-9-10-17(12-20(14)25)28-15(2)11-19(16(28)3)21(29)13-32-24-27-26-23(31-24)18-7-5-6-8-22(18)30-4/h5-12H,13H2,1-4H3. The maximum atomic E-state index is 14.1. The molecule has 0 aliphatic rings. The molecule has 0 spiro atoms. The van der Waals surface area contributed by atoms with Gasteiger partial charge in [-0.1, -0.05) is 30.0 Å². The summed E-state index contributed by atoms with van der Waals surface area (Å²) in [7, 11) is 1.57. The molecule has 0 saturated heterocycles. The molecule has 0 saturated carbocycles. The zero-order valence-corrected chi connectivity index (χ0v) is 19.0. The Morgan fingerprint density at radius 2 is 1.91 bits per heavy atom. The minimum absolute atomic E-state index is 0.0704. The summed E-state index contributed by atoms with van der Waals surface area (Å²) in [4.78, 5) is 12.9. The molecule has 0 aliphatic heterocycles. The van der Waals surface area contributed by atoms with Gasteiger partial charge in [0.05, 0.1) is 18.4 Å². The third kappa shape index (κ3) is 4.18. The van der Waals surface area contributed by atoms with Crippen LogP contribution in [0.5, 0.6) is 5.75 Å². The second-order valence-corrected chi connectivity index (χ2v) is 8.27. The molecule has 2 aromatic heterocycles. The summed E-state index contributed by atoms with van der Waals surface area (Å²) in [5.74, 6) is 0.750. The lowest BCUT2D eigenvalue weighted by Gasteiger charge is -2.11. The average molecular weight is 452 g/mol. The Bertz CT molecular complexity index is 1300. The van der Waals surface area contributed by atoms with Crippen molar-refractivity contribution >= 4 is 17.5 Å². The van der Waals surface area contributed by atoms with Crippen LogP contribution in [-0.4, -0.2) is 33.4 Å². The first-order chi connectivity index (χ1) is 15.4. The first-order valence-corrected chi connectivity index (χ1v) is 11.0.